The van der Waals surface area contributed by atoms with Crippen molar-refractivity contribution < 1.29 is 12.8 Å². The van der Waals surface area contributed by atoms with Gasteiger partial charge in [-0.3, -0.25) is 0 Å². The van der Waals surface area contributed by atoms with Crippen LogP contribution in [0, 0.1) is 5.82 Å². The van der Waals surface area contributed by atoms with Crippen molar-refractivity contribution in [3.8, 4) is 0 Å². The molecule has 1 heterocycles. The standard InChI is InChI=1S/C7H5FN2O2S/c8-5-1-2-6-7(3-5)13(11,12)10-4-9-6/h1-4H,(H,9,10). The molecule has 0 amide bonds. The van der Waals surface area contributed by atoms with E-state index in [1.54, 1.807) is 0 Å². The zero-order valence-corrected chi connectivity index (χ0v) is 7.18. The third-order valence-electron chi connectivity index (χ3n) is 1.63. The van der Waals surface area contributed by atoms with Crippen LogP contribution in [0.15, 0.2) is 27.5 Å². The average molecular weight is 200 g/mol. The molecule has 0 spiro atoms. The highest BCUT2D eigenvalue weighted by molar-refractivity contribution is 7.90. The predicted molar refractivity (Wildman–Crippen MR) is 45.7 cm³/mol. The molecule has 0 saturated carbocycles. The molecule has 0 bridgehead atoms. The van der Waals surface area contributed by atoms with Gasteiger partial charge in [-0.05, 0) is 18.2 Å². The Morgan fingerprint density at radius 1 is 1.38 bits per heavy atom. The first kappa shape index (κ1) is 8.18. The van der Waals surface area contributed by atoms with Crippen LogP contribution in [0.1, 0.15) is 0 Å². The Morgan fingerprint density at radius 2 is 2.15 bits per heavy atom. The van der Waals surface area contributed by atoms with Gasteiger partial charge >= 0.3 is 0 Å². The number of hydrogen-bond acceptors (Lipinski definition) is 3. The van der Waals surface area contributed by atoms with Crippen LogP contribution in [0.25, 0.3) is 0 Å². The van der Waals surface area contributed by atoms with Crippen LogP contribution in [0.4, 0.5) is 10.1 Å². The second-order valence-electron chi connectivity index (χ2n) is 2.49. The lowest BCUT2D eigenvalue weighted by atomic mass is 10.3. The summed E-state index contributed by atoms with van der Waals surface area (Å²) in [7, 11) is -3.70. The molecular weight excluding hydrogens is 195 g/mol. The third kappa shape index (κ3) is 1.29. The van der Waals surface area contributed by atoms with Crippen molar-refractivity contribution in [2.45, 2.75) is 4.90 Å². The van der Waals surface area contributed by atoms with Crippen molar-refractivity contribution >= 4 is 22.0 Å². The lowest BCUT2D eigenvalue weighted by Gasteiger charge is -2.11. The van der Waals surface area contributed by atoms with Gasteiger partial charge < -0.3 is 5.32 Å². The van der Waals surface area contributed by atoms with E-state index in [0.717, 1.165) is 12.4 Å². The molecule has 1 aliphatic heterocycles. The number of halogens is 1. The Morgan fingerprint density at radius 3 is 2.92 bits per heavy atom. The molecular formula is C7H5FN2O2S. The highest BCUT2D eigenvalue weighted by atomic mass is 32.2. The molecule has 1 aliphatic rings. The normalized spacial score (nSPS) is 17.6. The Bertz CT molecular complexity index is 481. The molecule has 1 aromatic carbocycles. The molecule has 13 heavy (non-hydrogen) atoms. The second-order valence-corrected chi connectivity index (χ2v) is 4.10. The minimum absolute atomic E-state index is 0.130. The van der Waals surface area contributed by atoms with Gasteiger partial charge in [0.2, 0.25) is 0 Å². The van der Waals surface area contributed by atoms with E-state index in [0.29, 0.717) is 5.69 Å². The van der Waals surface area contributed by atoms with Gasteiger partial charge in [-0.15, -0.1) is 4.40 Å². The number of nitrogens with zero attached hydrogens (tertiary/aromatic N) is 1. The summed E-state index contributed by atoms with van der Waals surface area (Å²) in [5, 5.41) is 2.61. The Kier molecular flexibility index (Phi) is 1.59. The largest absolute Gasteiger partial charge is 0.345 e. The smallest absolute Gasteiger partial charge is 0.285 e. The van der Waals surface area contributed by atoms with Gasteiger partial charge in [0.05, 0.1) is 5.69 Å². The summed E-state index contributed by atoms with van der Waals surface area (Å²) >= 11 is 0. The van der Waals surface area contributed by atoms with Crippen molar-refractivity contribution in [3.05, 3.63) is 24.0 Å². The van der Waals surface area contributed by atoms with E-state index in [1.165, 1.54) is 12.1 Å². The first-order valence-corrected chi connectivity index (χ1v) is 4.88. The topological polar surface area (TPSA) is 58.5 Å². The highest BCUT2D eigenvalue weighted by Crippen LogP contribution is 2.25. The first-order valence-electron chi connectivity index (χ1n) is 3.44. The Hall–Kier alpha value is -1.43. The van der Waals surface area contributed by atoms with E-state index in [1.807, 2.05) is 0 Å². The lowest BCUT2D eigenvalue weighted by Crippen LogP contribution is -2.11. The maximum Gasteiger partial charge on any atom is 0.285 e. The van der Waals surface area contributed by atoms with Crippen molar-refractivity contribution in [3.63, 3.8) is 0 Å². The van der Waals surface area contributed by atoms with Crippen molar-refractivity contribution in [2.24, 2.45) is 4.40 Å². The number of hydrogen-bond donors (Lipinski definition) is 1. The van der Waals surface area contributed by atoms with Crippen LogP contribution < -0.4 is 5.32 Å². The molecule has 0 radical (unpaired) electrons. The van der Waals surface area contributed by atoms with E-state index in [9.17, 15) is 12.8 Å². The van der Waals surface area contributed by atoms with Gasteiger partial charge in [0.1, 0.15) is 17.1 Å². The Labute approximate surface area is 74.2 Å². The maximum absolute atomic E-state index is 12.7. The first-order chi connectivity index (χ1) is 6.09. The van der Waals surface area contributed by atoms with Crippen LogP contribution >= 0.6 is 0 Å². The van der Waals surface area contributed by atoms with Gasteiger partial charge in [-0.2, -0.15) is 8.42 Å². The van der Waals surface area contributed by atoms with E-state index in [-0.39, 0.29) is 4.90 Å². The van der Waals surface area contributed by atoms with Crippen LogP contribution in [0.3, 0.4) is 0 Å². The van der Waals surface area contributed by atoms with Gasteiger partial charge in [0.15, 0.2) is 0 Å². The number of nitrogens with one attached hydrogen (secondary N) is 1. The number of fused-ring (bicyclic) bond motifs is 1. The van der Waals surface area contributed by atoms with Gasteiger partial charge in [-0.25, -0.2) is 4.39 Å². The Balaban J connectivity index is 2.74. The fourth-order valence-corrected chi connectivity index (χ4v) is 2.02. The summed E-state index contributed by atoms with van der Waals surface area (Å²) in [6, 6.07) is 3.47. The fraction of sp³-hybridized carbons (Fsp3) is 0. The SMILES string of the molecule is O=S1(=O)N=CNc2ccc(F)cc21. The third-order valence-corrected chi connectivity index (χ3v) is 2.91. The van der Waals surface area contributed by atoms with Crippen LogP contribution in [-0.2, 0) is 10.0 Å². The highest BCUT2D eigenvalue weighted by Gasteiger charge is 2.20. The molecule has 0 aliphatic carbocycles. The molecule has 6 heteroatoms. The van der Waals surface area contributed by atoms with E-state index < -0.39 is 15.8 Å². The number of anilines is 1. The van der Waals surface area contributed by atoms with Crippen LogP contribution in [0.5, 0.6) is 0 Å². The molecule has 0 fully saturated rings. The molecule has 2 rings (SSSR count). The van der Waals surface area contributed by atoms with Crippen molar-refractivity contribution in [1.29, 1.82) is 0 Å². The van der Waals surface area contributed by atoms with E-state index in [2.05, 4.69) is 9.71 Å². The summed E-state index contributed by atoms with van der Waals surface area (Å²) in [6.45, 7) is 0. The monoisotopic (exact) mass is 200 g/mol. The molecule has 0 saturated heterocycles. The van der Waals surface area contributed by atoms with E-state index >= 15 is 0 Å². The fourth-order valence-electron chi connectivity index (χ4n) is 1.05. The quantitative estimate of drug-likeness (QED) is 0.678. The molecule has 4 nitrogen and oxygen atoms in total. The lowest BCUT2D eigenvalue weighted by molar-refractivity contribution is 0.592. The molecule has 1 N–H and O–H groups in total. The molecule has 0 unspecified atom stereocenters. The minimum Gasteiger partial charge on any atom is -0.345 e. The predicted octanol–water partition coefficient (Wildman–Crippen LogP) is 0.968. The van der Waals surface area contributed by atoms with Crippen molar-refractivity contribution in [1.82, 2.24) is 0 Å². The molecule has 0 atom stereocenters. The summed E-state index contributed by atoms with van der Waals surface area (Å²) in [4.78, 5) is -0.130. The zero-order valence-electron chi connectivity index (χ0n) is 6.36. The molecule has 68 valence electrons. The van der Waals surface area contributed by atoms with Crippen molar-refractivity contribution in [2.75, 3.05) is 5.32 Å². The summed E-state index contributed by atoms with van der Waals surface area (Å²) < 4.78 is 38.3. The molecule has 1 aromatic rings. The number of rotatable bonds is 0. The number of sulfonamides is 1. The van der Waals surface area contributed by atoms with Crippen LogP contribution in [0.2, 0.25) is 0 Å². The average Bonchev–Trinajstić information content (AvgIpc) is 2.06. The van der Waals surface area contributed by atoms with Gasteiger partial charge in [0, 0.05) is 0 Å². The van der Waals surface area contributed by atoms with Gasteiger partial charge in [-0.1, -0.05) is 0 Å². The molecule has 0 aromatic heterocycles. The van der Waals surface area contributed by atoms with E-state index in [4.69, 9.17) is 0 Å². The van der Waals surface area contributed by atoms with Crippen LogP contribution in [-0.4, -0.2) is 14.8 Å². The minimum atomic E-state index is -3.70. The summed E-state index contributed by atoms with van der Waals surface area (Å²) in [5.41, 5.74) is 0.344. The maximum atomic E-state index is 12.7. The van der Waals surface area contributed by atoms with Gasteiger partial charge in [0.25, 0.3) is 10.0 Å². The summed E-state index contributed by atoms with van der Waals surface area (Å²) in [5.74, 6) is -0.596. The second kappa shape index (κ2) is 2.53. The summed E-state index contributed by atoms with van der Waals surface area (Å²) in [6.07, 6.45) is 1.07. The number of benzene rings is 1. The zero-order chi connectivity index (χ0) is 9.47.